The molecular weight excluding hydrogens is 236 g/mol. The van der Waals surface area contributed by atoms with E-state index in [1.807, 2.05) is 19.9 Å². The van der Waals surface area contributed by atoms with Crippen LogP contribution in [0.2, 0.25) is 0 Å². The number of aromatic nitrogens is 1. The highest BCUT2D eigenvalue weighted by Gasteiger charge is 2.29. The average molecular weight is 251 g/mol. The minimum absolute atomic E-state index is 0.0277. The van der Waals surface area contributed by atoms with E-state index in [1.165, 1.54) is 0 Å². The summed E-state index contributed by atoms with van der Waals surface area (Å²) in [7, 11) is 0. The van der Waals surface area contributed by atoms with Crippen molar-refractivity contribution < 1.29 is 13.6 Å². The molecule has 0 unspecified atom stereocenters. The molecule has 18 heavy (non-hydrogen) atoms. The van der Waals surface area contributed by atoms with Crippen molar-refractivity contribution >= 4 is 11.4 Å². The average Bonchev–Trinajstić information content (AvgIpc) is 2.27. The summed E-state index contributed by atoms with van der Waals surface area (Å²) in [5, 5.41) is 0. The Hall–Kier alpha value is -1.58. The summed E-state index contributed by atoms with van der Waals surface area (Å²) in [5.41, 5.74) is 2.25. The SMILES string of the molecule is CC1=C(C(F)F)C(=O)Cc2cc(C(C)C)cnc21. The lowest BCUT2D eigenvalue weighted by molar-refractivity contribution is -0.116. The molecule has 0 radical (unpaired) electrons. The highest BCUT2D eigenvalue weighted by atomic mass is 19.3. The van der Waals surface area contributed by atoms with Gasteiger partial charge in [-0.25, -0.2) is 8.78 Å². The van der Waals surface area contributed by atoms with Crippen LogP contribution in [-0.2, 0) is 11.2 Å². The summed E-state index contributed by atoms with van der Waals surface area (Å²) >= 11 is 0. The molecule has 0 aromatic carbocycles. The van der Waals surface area contributed by atoms with E-state index in [2.05, 4.69) is 4.98 Å². The second kappa shape index (κ2) is 4.59. The van der Waals surface area contributed by atoms with Gasteiger partial charge in [-0.1, -0.05) is 19.9 Å². The van der Waals surface area contributed by atoms with Crippen molar-refractivity contribution in [3.05, 3.63) is 34.7 Å². The zero-order chi connectivity index (χ0) is 13.4. The third kappa shape index (κ3) is 2.07. The first-order valence-corrected chi connectivity index (χ1v) is 5.93. The quantitative estimate of drug-likeness (QED) is 0.806. The number of hydrogen-bond acceptors (Lipinski definition) is 2. The molecular formula is C14H15F2NO. The number of allylic oxidation sites excluding steroid dienone is 2. The van der Waals surface area contributed by atoms with Crippen LogP contribution in [0.15, 0.2) is 17.8 Å². The van der Waals surface area contributed by atoms with Crippen LogP contribution in [0.25, 0.3) is 5.57 Å². The maximum Gasteiger partial charge on any atom is 0.267 e. The molecule has 0 fully saturated rings. The lowest BCUT2D eigenvalue weighted by Gasteiger charge is -2.20. The van der Waals surface area contributed by atoms with E-state index in [0.717, 1.165) is 11.1 Å². The minimum Gasteiger partial charge on any atom is -0.294 e. The van der Waals surface area contributed by atoms with Crippen molar-refractivity contribution in [2.45, 2.75) is 39.5 Å². The van der Waals surface area contributed by atoms with Gasteiger partial charge in [0, 0.05) is 12.6 Å². The molecule has 0 spiro atoms. The van der Waals surface area contributed by atoms with Crippen molar-refractivity contribution in [2.24, 2.45) is 0 Å². The number of carbonyl (C=O) groups is 1. The molecule has 1 aliphatic rings. The monoisotopic (exact) mass is 251 g/mol. The molecule has 0 aliphatic heterocycles. The number of halogens is 2. The van der Waals surface area contributed by atoms with Crippen molar-refractivity contribution in [1.82, 2.24) is 4.98 Å². The standard InChI is InChI=1S/C14H15F2NO/c1-7(2)10-4-9-5-11(18)12(14(15)16)8(3)13(9)17-6-10/h4,6-7,14H,5H2,1-3H3. The third-order valence-corrected chi connectivity index (χ3v) is 3.28. The molecule has 1 heterocycles. The Morgan fingerprint density at radius 3 is 2.56 bits per heavy atom. The maximum atomic E-state index is 12.8. The Kier molecular flexibility index (Phi) is 3.28. The van der Waals surface area contributed by atoms with E-state index in [0.29, 0.717) is 17.2 Å². The highest BCUT2D eigenvalue weighted by molar-refractivity contribution is 6.06. The van der Waals surface area contributed by atoms with Crippen LogP contribution in [0.3, 0.4) is 0 Å². The summed E-state index contributed by atoms with van der Waals surface area (Å²) in [6.07, 6.45) is -0.997. The van der Waals surface area contributed by atoms with Gasteiger partial charge in [0.25, 0.3) is 6.43 Å². The first-order valence-electron chi connectivity index (χ1n) is 5.93. The van der Waals surface area contributed by atoms with Crippen molar-refractivity contribution in [3.63, 3.8) is 0 Å². The predicted octanol–water partition coefficient (Wildman–Crippen LogP) is 3.37. The zero-order valence-electron chi connectivity index (χ0n) is 10.6. The van der Waals surface area contributed by atoms with Crippen LogP contribution in [0, 0.1) is 0 Å². The van der Waals surface area contributed by atoms with Gasteiger partial charge in [-0.15, -0.1) is 0 Å². The molecule has 4 heteroatoms. The van der Waals surface area contributed by atoms with Gasteiger partial charge in [-0.2, -0.15) is 0 Å². The van der Waals surface area contributed by atoms with Gasteiger partial charge in [0.1, 0.15) is 0 Å². The first kappa shape index (κ1) is 12.9. The van der Waals surface area contributed by atoms with E-state index in [1.54, 1.807) is 13.1 Å². The Morgan fingerprint density at radius 2 is 2.00 bits per heavy atom. The topological polar surface area (TPSA) is 30.0 Å². The number of fused-ring (bicyclic) bond motifs is 1. The van der Waals surface area contributed by atoms with Crippen LogP contribution >= 0.6 is 0 Å². The molecule has 0 bridgehead atoms. The number of pyridine rings is 1. The molecule has 2 rings (SSSR count). The van der Waals surface area contributed by atoms with Crippen LogP contribution < -0.4 is 0 Å². The zero-order valence-corrected chi connectivity index (χ0v) is 10.6. The number of ketones is 1. The van der Waals surface area contributed by atoms with Gasteiger partial charge >= 0.3 is 0 Å². The van der Waals surface area contributed by atoms with E-state index < -0.39 is 12.2 Å². The highest BCUT2D eigenvalue weighted by Crippen LogP contribution is 2.32. The Balaban J connectivity index is 2.56. The largest absolute Gasteiger partial charge is 0.294 e. The van der Waals surface area contributed by atoms with E-state index in [4.69, 9.17) is 0 Å². The summed E-state index contributed by atoms with van der Waals surface area (Å²) in [6, 6.07) is 1.90. The molecule has 1 aliphatic carbocycles. The molecule has 0 N–H and O–H groups in total. The fourth-order valence-electron chi connectivity index (χ4n) is 2.21. The smallest absolute Gasteiger partial charge is 0.267 e. The second-order valence-corrected chi connectivity index (χ2v) is 4.87. The van der Waals surface area contributed by atoms with Gasteiger partial charge < -0.3 is 0 Å². The van der Waals surface area contributed by atoms with E-state index in [-0.39, 0.29) is 12.0 Å². The maximum absolute atomic E-state index is 12.8. The molecule has 1 aromatic rings. The molecule has 2 nitrogen and oxygen atoms in total. The number of rotatable bonds is 2. The normalized spacial score (nSPS) is 15.6. The summed E-state index contributed by atoms with van der Waals surface area (Å²) in [5.74, 6) is -0.184. The van der Waals surface area contributed by atoms with Crippen molar-refractivity contribution in [3.8, 4) is 0 Å². The summed E-state index contributed by atoms with van der Waals surface area (Å²) in [6.45, 7) is 5.60. The minimum atomic E-state index is -2.72. The number of hydrogen-bond donors (Lipinski definition) is 0. The molecule has 96 valence electrons. The van der Waals surface area contributed by atoms with E-state index in [9.17, 15) is 13.6 Å². The van der Waals surface area contributed by atoms with Crippen LogP contribution in [-0.4, -0.2) is 17.2 Å². The Bertz CT molecular complexity index is 533. The van der Waals surface area contributed by atoms with Gasteiger partial charge in [0.15, 0.2) is 5.78 Å². The van der Waals surface area contributed by atoms with Gasteiger partial charge in [-0.3, -0.25) is 9.78 Å². The summed E-state index contributed by atoms with van der Waals surface area (Å²) in [4.78, 5) is 16.0. The van der Waals surface area contributed by atoms with Gasteiger partial charge in [0.05, 0.1) is 11.3 Å². The van der Waals surface area contributed by atoms with Crippen molar-refractivity contribution in [1.29, 1.82) is 0 Å². The Morgan fingerprint density at radius 1 is 1.33 bits per heavy atom. The fourth-order valence-corrected chi connectivity index (χ4v) is 2.21. The fraction of sp³-hybridized carbons (Fsp3) is 0.429. The number of nitrogens with zero attached hydrogens (tertiary/aromatic N) is 1. The van der Waals surface area contributed by atoms with Crippen LogP contribution in [0.1, 0.15) is 43.5 Å². The molecule has 0 saturated heterocycles. The van der Waals surface area contributed by atoms with Crippen molar-refractivity contribution in [2.75, 3.05) is 0 Å². The summed E-state index contributed by atoms with van der Waals surface area (Å²) < 4.78 is 25.6. The van der Waals surface area contributed by atoms with Crippen LogP contribution in [0.5, 0.6) is 0 Å². The molecule has 0 atom stereocenters. The molecule has 1 aromatic heterocycles. The lowest BCUT2D eigenvalue weighted by atomic mass is 9.87. The molecule has 0 saturated carbocycles. The predicted molar refractivity (Wildman–Crippen MR) is 65.6 cm³/mol. The number of Topliss-reactive ketones (excluding diaryl/α,β-unsaturated/α-hetero) is 1. The second-order valence-electron chi connectivity index (χ2n) is 4.87. The third-order valence-electron chi connectivity index (χ3n) is 3.28. The Labute approximate surface area is 105 Å². The number of carbonyl (C=O) groups excluding carboxylic acids is 1. The van der Waals surface area contributed by atoms with Gasteiger partial charge in [0.2, 0.25) is 0 Å². The van der Waals surface area contributed by atoms with Crippen LogP contribution in [0.4, 0.5) is 8.78 Å². The lowest BCUT2D eigenvalue weighted by Crippen LogP contribution is -2.21. The van der Waals surface area contributed by atoms with Gasteiger partial charge in [-0.05, 0) is 29.5 Å². The number of alkyl halides is 2. The van der Waals surface area contributed by atoms with E-state index >= 15 is 0 Å². The first-order chi connectivity index (χ1) is 8.41. The molecule has 0 amide bonds.